The molecule has 146 valence electrons. The fraction of sp³-hybridized carbons (Fsp3) is 0.524. The van der Waals surface area contributed by atoms with E-state index in [1.54, 1.807) is 11.0 Å². The van der Waals surface area contributed by atoms with Gasteiger partial charge < -0.3 is 19.5 Å². The molecule has 1 aromatic rings. The molecule has 6 nitrogen and oxygen atoms in total. The zero-order valence-electron chi connectivity index (χ0n) is 16.6. The molecule has 3 rings (SSSR count). The number of rotatable bonds is 1. The number of piperidine rings is 1. The minimum atomic E-state index is -0.921. The van der Waals surface area contributed by atoms with Gasteiger partial charge in [0.25, 0.3) is 0 Å². The number of hydrogen-bond donors (Lipinski definition) is 1. The van der Waals surface area contributed by atoms with Gasteiger partial charge in [-0.05, 0) is 52.3 Å². The molecule has 0 saturated carbocycles. The molecule has 0 radical (unpaired) electrons. The third-order valence-corrected chi connectivity index (χ3v) is 4.96. The number of aryl methyl sites for hydroxylation is 1. The first-order valence-electron chi connectivity index (χ1n) is 9.25. The molecule has 1 spiro atoms. The largest absolute Gasteiger partial charge is 0.507 e. The first-order chi connectivity index (χ1) is 12.5. The van der Waals surface area contributed by atoms with Crippen molar-refractivity contribution in [3.63, 3.8) is 0 Å². The van der Waals surface area contributed by atoms with E-state index in [9.17, 15) is 14.7 Å². The van der Waals surface area contributed by atoms with Crippen LogP contribution >= 0.6 is 0 Å². The van der Waals surface area contributed by atoms with Crippen molar-refractivity contribution in [1.29, 1.82) is 0 Å². The zero-order valence-corrected chi connectivity index (χ0v) is 16.6. The van der Waals surface area contributed by atoms with Crippen molar-refractivity contribution in [2.24, 2.45) is 0 Å². The highest BCUT2D eigenvalue weighted by Gasteiger charge is 2.48. The second-order valence-corrected chi connectivity index (χ2v) is 8.34. The van der Waals surface area contributed by atoms with Crippen molar-refractivity contribution < 1.29 is 24.2 Å². The highest BCUT2D eigenvalue weighted by molar-refractivity contribution is 6.03. The van der Waals surface area contributed by atoms with Crippen LogP contribution in [0.25, 0.3) is 5.76 Å². The van der Waals surface area contributed by atoms with Crippen LogP contribution < -0.4 is 4.74 Å². The molecule has 2 heterocycles. The molecule has 0 atom stereocenters. The van der Waals surface area contributed by atoms with E-state index in [2.05, 4.69) is 0 Å². The monoisotopic (exact) mass is 373 g/mol. The molecule has 1 saturated heterocycles. The topological polar surface area (TPSA) is 76.1 Å². The van der Waals surface area contributed by atoms with E-state index in [4.69, 9.17) is 9.47 Å². The summed E-state index contributed by atoms with van der Waals surface area (Å²) >= 11 is 0. The number of aliphatic hydroxyl groups excluding tert-OH is 1. The number of ether oxygens (including phenoxy) is 2. The Bertz CT molecular complexity index is 810. The number of likely N-dealkylation sites (tertiary alicyclic amines) is 1. The number of aliphatic hydroxyl groups is 1. The summed E-state index contributed by atoms with van der Waals surface area (Å²) in [5.41, 5.74) is 0.352. The van der Waals surface area contributed by atoms with Gasteiger partial charge in [-0.25, -0.2) is 4.79 Å². The van der Waals surface area contributed by atoms with E-state index >= 15 is 0 Å². The first-order valence-corrected chi connectivity index (χ1v) is 9.25. The lowest BCUT2D eigenvalue weighted by Gasteiger charge is -2.45. The first kappa shape index (κ1) is 19.3. The van der Waals surface area contributed by atoms with Crippen molar-refractivity contribution in [2.45, 2.75) is 58.7 Å². The van der Waals surface area contributed by atoms with Crippen molar-refractivity contribution >= 4 is 17.6 Å². The van der Waals surface area contributed by atoms with Gasteiger partial charge in [0.1, 0.15) is 22.7 Å². The summed E-state index contributed by atoms with van der Waals surface area (Å²) in [4.78, 5) is 26.3. The highest BCUT2D eigenvalue weighted by Crippen LogP contribution is 2.45. The van der Waals surface area contributed by atoms with Gasteiger partial charge in [0.2, 0.25) is 0 Å². The second-order valence-electron chi connectivity index (χ2n) is 8.34. The lowest BCUT2D eigenvalue weighted by atomic mass is 9.78. The number of carbonyl (C=O) groups is 2. The SMILES string of the molecule is CC(=O)C1=C(O)c2ccc(C)cc2OC12CCN(C(=O)OC(C)(C)C)CC2. The van der Waals surface area contributed by atoms with Crippen LogP contribution in [0, 0.1) is 6.92 Å². The predicted molar refractivity (Wildman–Crippen MR) is 102 cm³/mol. The van der Waals surface area contributed by atoms with Gasteiger partial charge in [0.05, 0.1) is 11.1 Å². The molecule has 6 heteroatoms. The van der Waals surface area contributed by atoms with Crippen LogP contribution in [0.1, 0.15) is 51.7 Å². The minimum Gasteiger partial charge on any atom is -0.507 e. The summed E-state index contributed by atoms with van der Waals surface area (Å²) in [5.74, 6) is 0.335. The van der Waals surface area contributed by atoms with Crippen LogP contribution in [0.3, 0.4) is 0 Å². The Morgan fingerprint density at radius 1 is 1.22 bits per heavy atom. The van der Waals surface area contributed by atoms with Crippen molar-refractivity contribution in [1.82, 2.24) is 4.90 Å². The Morgan fingerprint density at radius 2 is 1.85 bits per heavy atom. The van der Waals surface area contributed by atoms with Crippen LogP contribution in [0.2, 0.25) is 0 Å². The summed E-state index contributed by atoms with van der Waals surface area (Å²) in [7, 11) is 0. The van der Waals surface area contributed by atoms with Crippen LogP contribution in [0.15, 0.2) is 23.8 Å². The molecular weight excluding hydrogens is 346 g/mol. The van der Waals surface area contributed by atoms with E-state index in [0.717, 1.165) is 5.56 Å². The Kier molecular flexibility index (Phi) is 4.70. The lowest BCUT2D eigenvalue weighted by Crippen LogP contribution is -2.53. The molecule has 27 heavy (non-hydrogen) atoms. The number of nitrogens with zero attached hydrogens (tertiary/aromatic N) is 1. The third kappa shape index (κ3) is 3.66. The number of ketones is 1. The van der Waals surface area contributed by atoms with Crippen LogP contribution in [-0.4, -0.2) is 46.2 Å². The number of Topliss-reactive ketones (excluding diaryl/α,β-unsaturated/α-hetero) is 1. The molecule has 0 aromatic heterocycles. The molecule has 2 aliphatic heterocycles. The number of hydrogen-bond acceptors (Lipinski definition) is 5. The fourth-order valence-electron chi connectivity index (χ4n) is 3.74. The number of benzene rings is 1. The number of fused-ring (bicyclic) bond motifs is 1. The molecule has 1 amide bonds. The number of carbonyl (C=O) groups excluding carboxylic acids is 2. The van der Waals surface area contributed by atoms with Crippen LogP contribution in [0.5, 0.6) is 5.75 Å². The summed E-state index contributed by atoms with van der Waals surface area (Å²) in [5, 5.41) is 10.8. The average molecular weight is 373 g/mol. The molecule has 0 unspecified atom stereocenters. The summed E-state index contributed by atoms with van der Waals surface area (Å²) in [6.07, 6.45) is 0.457. The summed E-state index contributed by atoms with van der Waals surface area (Å²) in [6.45, 7) is 9.65. The summed E-state index contributed by atoms with van der Waals surface area (Å²) in [6, 6.07) is 5.51. The maximum atomic E-state index is 12.4. The fourth-order valence-corrected chi connectivity index (χ4v) is 3.74. The predicted octanol–water partition coefficient (Wildman–Crippen LogP) is 4.02. The van der Waals surface area contributed by atoms with Crippen LogP contribution in [0.4, 0.5) is 4.79 Å². The Morgan fingerprint density at radius 3 is 2.41 bits per heavy atom. The normalized spacial score (nSPS) is 18.8. The molecule has 2 aliphatic rings. The molecule has 0 aliphatic carbocycles. The van der Waals surface area contributed by atoms with Gasteiger partial charge >= 0.3 is 6.09 Å². The van der Waals surface area contributed by atoms with E-state index in [1.165, 1.54) is 6.92 Å². The van der Waals surface area contributed by atoms with E-state index in [1.807, 2.05) is 39.8 Å². The molecule has 0 bridgehead atoms. The highest BCUT2D eigenvalue weighted by atomic mass is 16.6. The quantitative estimate of drug-likeness (QED) is 0.805. The smallest absolute Gasteiger partial charge is 0.410 e. The maximum Gasteiger partial charge on any atom is 0.410 e. The number of amides is 1. The van der Waals surface area contributed by atoms with E-state index in [-0.39, 0.29) is 17.6 Å². The van der Waals surface area contributed by atoms with Gasteiger partial charge in [-0.3, -0.25) is 4.79 Å². The Hall–Kier alpha value is -2.50. The van der Waals surface area contributed by atoms with Gasteiger partial charge in [-0.15, -0.1) is 0 Å². The Labute approximate surface area is 159 Å². The maximum absolute atomic E-state index is 12.4. The molecule has 1 fully saturated rings. The third-order valence-electron chi connectivity index (χ3n) is 4.96. The lowest BCUT2D eigenvalue weighted by molar-refractivity contribution is -0.116. The summed E-state index contributed by atoms with van der Waals surface area (Å²) < 4.78 is 11.7. The van der Waals surface area contributed by atoms with Crippen molar-refractivity contribution in [3.8, 4) is 5.75 Å². The molecular formula is C21H27NO5. The average Bonchev–Trinajstić information content (AvgIpc) is 2.53. The van der Waals surface area contributed by atoms with Crippen LogP contribution in [-0.2, 0) is 9.53 Å². The second kappa shape index (κ2) is 6.59. The molecule has 1 N–H and O–H groups in total. The van der Waals surface area contributed by atoms with Gasteiger partial charge in [0.15, 0.2) is 5.78 Å². The van der Waals surface area contributed by atoms with E-state index < -0.39 is 11.2 Å². The van der Waals surface area contributed by atoms with Crippen molar-refractivity contribution in [2.75, 3.05) is 13.1 Å². The molecule has 1 aromatic carbocycles. The van der Waals surface area contributed by atoms with Gasteiger partial charge in [-0.1, -0.05) is 6.07 Å². The standard InChI is InChI=1S/C21H27NO5/c1-13-6-7-15-16(12-13)26-21(17(14(2)23)18(15)24)8-10-22(11-9-21)19(25)27-20(3,4)5/h6-7,12,24H,8-11H2,1-5H3. The minimum absolute atomic E-state index is 0.0190. The zero-order chi connectivity index (χ0) is 20.0. The Balaban J connectivity index is 1.89. The van der Waals surface area contributed by atoms with Crippen molar-refractivity contribution in [3.05, 3.63) is 34.9 Å². The van der Waals surface area contributed by atoms with Gasteiger partial charge in [0, 0.05) is 25.9 Å². The van der Waals surface area contributed by atoms with E-state index in [0.29, 0.717) is 42.8 Å². The van der Waals surface area contributed by atoms with Gasteiger partial charge in [-0.2, -0.15) is 0 Å².